The van der Waals surface area contributed by atoms with Crippen molar-refractivity contribution in [3.8, 4) is 0 Å². The molecule has 0 saturated carbocycles. The topological polar surface area (TPSA) is 18.5 Å². The van der Waals surface area contributed by atoms with Crippen LogP contribution in [0, 0.1) is 0 Å². The van der Waals surface area contributed by atoms with Gasteiger partial charge in [-0.3, -0.25) is 0 Å². The average Bonchev–Trinajstić information content (AvgIpc) is 2.12. The molecule has 0 aromatic carbocycles. The third kappa shape index (κ3) is 1.99. The molecule has 0 bridgehead atoms. The van der Waals surface area contributed by atoms with E-state index in [1.165, 1.54) is 0 Å². The first kappa shape index (κ1) is 14.9. The van der Waals surface area contributed by atoms with Gasteiger partial charge in [-0.05, 0) is 0 Å². The summed E-state index contributed by atoms with van der Waals surface area (Å²) in [6.07, 6.45) is -12.3. The number of methoxy groups -OCH3 is 1. The molecule has 18 heavy (non-hydrogen) atoms. The van der Waals surface area contributed by atoms with Gasteiger partial charge in [0, 0.05) is 7.11 Å². The second kappa shape index (κ2) is 3.68. The third-order valence-corrected chi connectivity index (χ3v) is 1.95. The highest BCUT2D eigenvalue weighted by Crippen LogP contribution is 2.57. The summed E-state index contributed by atoms with van der Waals surface area (Å²) in [5, 5.41) is 0. The Hall–Kier alpha value is -1.13. The number of halogens is 9. The van der Waals surface area contributed by atoms with Crippen LogP contribution in [0.2, 0.25) is 0 Å². The van der Waals surface area contributed by atoms with Crippen LogP contribution in [0.15, 0.2) is 11.3 Å². The Labute approximate surface area is 93.0 Å². The Kier molecular flexibility index (Phi) is 3.05. The van der Waals surface area contributed by atoms with Gasteiger partial charge in [-0.25, -0.2) is 0 Å². The molecule has 0 amide bonds. The monoisotopic (exact) mass is 290 g/mol. The van der Waals surface area contributed by atoms with E-state index >= 15 is 0 Å². The number of allylic oxidation sites excluding steroid dienone is 1. The second-order valence-corrected chi connectivity index (χ2v) is 3.12. The quantitative estimate of drug-likeness (QED) is 0.690. The van der Waals surface area contributed by atoms with E-state index in [0.717, 1.165) is 0 Å². The zero-order valence-corrected chi connectivity index (χ0v) is 8.22. The van der Waals surface area contributed by atoms with Crippen molar-refractivity contribution in [1.29, 1.82) is 0 Å². The summed E-state index contributed by atoms with van der Waals surface area (Å²) >= 11 is 0. The fourth-order valence-electron chi connectivity index (χ4n) is 1.14. The standard InChI is InChI=1S/C7H3F9O2/c1-17-7(16)4(8,9)3(18-7)2(5(10,11)12)6(13,14)15/h1H3. The lowest BCUT2D eigenvalue weighted by Gasteiger charge is -2.43. The van der Waals surface area contributed by atoms with E-state index in [0.29, 0.717) is 7.11 Å². The highest BCUT2D eigenvalue weighted by atomic mass is 19.4. The summed E-state index contributed by atoms with van der Waals surface area (Å²) in [6, 6.07) is -4.34. The zero-order valence-electron chi connectivity index (χ0n) is 8.22. The molecule has 1 heterocycles. The van der Waals surface area contributed by atoms with Gasteiger partial charge in [0.05, 0.1) is 0 Å². The molecule has 2 nitrogen and oxygen atoms in total. The van der Waals surface area contributed by atoms with Crippen molar-refractivity contribution in [2.24, 2.45) is 0 Å². The molecule has 106 valence electrons. The molecule has 1 saturated heterocycles. The summed E-state index contributed by atoms with van der Waals surface area (Å²) in [5.41, 5.74) is -3.61. The molecule has 0 N–H and O–H groups in total. The minimum Gasteiger partial charge on any atom is -0.428 e. The van der Waals surface area contributed by atoms with Gasteiger partial charge in [-0.2, -0.15) is 39.5 Å². The van der Waals surface area contributed by atoms with E-state index in [-0.39, 0.29) is 0 Å². The number of ether oxygens (including phenoxy) is 2. The first-order valence-electron chi connectivity index (χ1n) is 3.97. The maximum atomic E-state index is 12.9. The molecule has 1 unspecified atom stereocenters. The molecule has 1 atom stereocenters. The van der Waals surface area contributed by atoms with Crippen LogP contribution in [0.3, 0.4) is 0 Å². The van der Waals surface area contributed by atoms with Gasteiger partial charge in [0.25, 0.3) is 0 Å². The first-order chi connectivity index (χ1) is 7.77. The molecule has 0 aromatic rings. The molecule has 1 aliphatic heterocycles. The van der Waals surface area contributed by atoms with Gasteiger partial charge in [-0.1, -0.05) is 0 Å². The molecule has 0 aromatic heterocycles. The van der Waals surface area contributed by atoms with Gasteiger partial charge >= 0.3 is 24.3 Å². The molecule has 0 spiro atoms. The summed E-state index contributed by atoms with van der Waals surface area (Å²) in [7, 11) is 0.297. The summed E-state index contributed by atoms with van der Waals surface area (Å²) in [4.78, 5) is 0. The summed E-state index contributed by atoms with van der Waals surface area (Å²) < 4.78 is 117. The lowest BCUT2D eigenvalue weighted by atomic mass is 10.0. The highest BCUT2D eigenvalue weighted by molar-refractivity contribution is 5.31. The van der Waals surface area contributed by atoms with Gasteiger partial charge in [0.1, 0.15) is 0 Å². The predicted molar refractivity (Wildman–Crippen MR) is 36.0 cm³/mol. The van der Waals surface area contributed by atoms with Gasteiger partial charge < -0.3 is 9.47 Å². The van der Waals surface area contributed by atoms with Crippen LogP contribution < -0.4 is 0 Å². The van der Waals surface area contributed by atoms with Gasteiger partial charge in [-0.15, -0.1) is 0 Å². The molecule has 0 radical (unpaired) electrons. The Morgan fingerprint density at radius 3 is 1.61 bits per heavy atom. The molecule has 0 aliphatic carbocycles. The summed E-state index contributed by atoms with van der Waals surface area (Å²) in [6.45, 7) is 0. The van der Waals surface area contributed by atoms with Crippen LogP contribution in [0.4, 0.5) is 39.5 Å². The van der Waals surface area contributed by atoms with E-state index in [1.807, 2.05) is 0 Å². The number of alkyl halides is 9. The maximum Gasteiger partial charge on any atom is 0.437 e. The van der Waals surface area contributed by atoms with Crippen molar-refractivity contribution in [2.45, 2.75) is 24.3 Å². The van der Waals surface area contributed by atoms with Crippen LogP contribution in [0.1, 0.15) is 0 Å². The Balaban J connectivity index is 3.37. The highest BCUT2D eigenvalue weighted by Gasteiger charge is 2.77. The van der Waals surface area contributed by atoms with Gasteiger partial charge in [0.15, 0.2) is 11.3 Å². The van der Waals surface area contributed by atoms with E-state index in [1.54, 1.807) is 0 Å². The first-order valence-corrected chi connectivity index (χ1v) is 3.97. The van der Waals surface area contributed by atoms with E-state index < -0.39 is 35.6 Å². The van der Waals surface area contributed by atoms with Crippen molar-refractivity contribution in [1.82, 2.24) is 0 Å². The van der Waals surface area contributed by atoms with E-state index in [2.05, 4.69) is 9.47 Å². The third-order valence-electron chi connectivity index (χ3n) is 1.95. The maximum absolute atomic E-state index is 12.9. The number of rotatable bonds is 1. The van der Waals surface area contributed by atoms with E-state index in [4.69, 9.17) is 0 Å². The Morgan fingerprint density at radius 1 is 1.00 bits per heavy atom. The van der Waals surface area contributed by atoms with Crippen LogP contribution in [0.25, 0.3) is 0 Å². The SMILES string of the molecule is COC1(F)OC(=C(C(F)(F)F)C(F)(F)F)C1(F)F. The fourth-order valence-corrected chi connectivity index (χ4v) is 1.14. The average molecular weight is 290 g/mol. The van der Waals surface area contributed by atoms with Crippen LogP contribution >= 0.6 is 0 Å². The van der Waals surface area contributed by atoms with Crippen LogP contribution in [-0.4, -0.2) is 31.4 Å². The fraction of sp³-hybridized carbons (Fsp3) is 0.714. The van der Waals surface area contributed by atoms with Crippen molar-refractivity contribution in [3.63, 3.8) is 0 Å². The Bertz CT molecular complexity index is 363. The molecule has 1 fully saturated rings. The zero-order chi connectivity index (χ0) is 14.6. The number of hydrogen-bond donors (Lipinski definition) is 0. The minimum absolute atomic E-state index is 0.297. The molecular formula is C7H3F9O2. The number of hydrogen-bond acceptors (Lipinski definition) is 2. The van der Waals surface area contributed by atoms with Crippen molar-refractivity contribution in [2.75, 3.05) is 7.11 Å². The molecular weight excluding hydrogens is 287 g/mol. The smallest absolute Gasteiger partial charge is 0.428 e. The lowest BCUT2D eigenvalue weighted by molar-refractivity contribution is -0.448. The van der Waals surface area contributed by atoms with Crippen LogP contribution in [0.5, 0.6) is 0 Å². The largest absolute Gasteiger partial charge is 0.437 e. The normalized spacial score (nSPS) is 27.6. The minimum atomic E-state index is -6.17. The second-order valence-electron chi connectivity index (χ2n) is 3.12. The predicted octanol–water partition coefficient (Wildman–Crippen LogP) is 3.30. The summed E-state index contributed by atoms with van der Waals surface area (Å²) in [5.74, 6) is -8.05. The molecule has 11 heteroatoms. The molecule has 1 aliphatic rings. The van der Waals surface area contributed by atoms with Gasteiger partial charge in [0.2, 0.25) is 0 Å². The lowest BCUT2D eigenvalue weighted by Crippen LogP contribution is -2.61. The Morgan fingerprint density at radius 2 is 1.39 bits per heavy atom. The van der Waals surface area contributed by atoms with Crippen LogP contribution in [-0.2, 0) is 9.47 Å². The van der Waals surface area contributed by atoms with Crippen molar-refractivity contribution >= 4 is 0 Å². The van der Waals surface area contributed by atoms with Crippen molar-refractivity contribution in [3.05, 3.63) is 11.3 Å². The van der Waals surface area contributed by atoms with Crippen molar-refractivity contribution < 1.29 is 49.0 Å². The molecule has 1 rings (SSSR count). The van der Waals surface area contributed by atoms with E-state index in [9.17, 15) is 39.5 Å².